The molecule has 3 atom stereocenters. The van der Waals surface area contributed by atoms with E-state index in [0.29, 0.717) is 24.4 Å². The molecule has 2 aromatic rings. The van der Waals surface area contributed by atoms with Crippen LogP contribution in [0.1, 0.15) is 31.2 Å². The van der Waals surface area contributed by atoms with Gasteiger partial charge in [0.05, 0.1) is 11.4 Å². The van der Waals surface area contributed by atoms with E-state index in [1.165, 1.54) is 0 Å². The number of para-hydroxylation sites is 2. The van der Waals surface area contributed by atoms with Crippen molar-refractivity contribution in [3.8, 4) is 0 Å². The molecule has 6 nitrogen and oxygen atoms in total. The fraction of sp³-hybridized carbons (Fsp3) is 0.348. The smallest absolute Gasteiger partial charge is 0.290 e. The highest BCUT2D eigenvalue weighted by Crippen LogP contribution is 2.39. The van der Waals surface area contributed by atoms with Crippen molar-refractivity contribution in [3.05, 3.63) is 72.0 Å². The number of aliphatic hydroxyl groups excluding tert-OH is 1. The van der Waals surface area contributed by atoms with Gasteiger partial charge in [-0.3, -0.25) is 4.79 Å². The average Bonchev–Trinajstić information content (AvgIpc) is 2.74. The van der Waals surface area contributed by atoms with Gasteiger partial charge in [0, 0.05) is 25.0 Å². The van der Waals surface area contributed by atoms with Crippen LogP contribution in [0, 0.1) is 5.92 Å². The third-order valence-corrected chi connectivity index (χ3v) is 5.03. The minimum atomic E-state index is -0.573. The molecule has 154 valence electrons. The number of nitrogens with one attached hydrogen (secondary N) is 1. The zero-order chi connectivity index (χ0) is 20.6. The number of ether oxygens (including phenoxy) is 2. The average molecular weight is 396 g/mol. The van der Waals surface area contributed by atoms with Crippen LogP contribution >= 0.6 is 0 Å². The lowest BCUT2D eigenvalue weighted by Gasteiger charge is -2.37. The van der Waals surface area contributed by atoms with Crippen molar-refractivity contribution in [2.75, 3.05) is 24.3 Å². The number of allylic oxidation sites excluding steroid dienone is 1. The third kappa shape index (κ3) is 5.16. The first-order valence-corrected chi connectivity index (χ1v) is 9.95. The van der Waals surface area contributed by atoms with Crippen molar-refractivity contribution in [2.45, 2.75) is 32.0 Å². The summed E-state index contributed by atoms with van der Waals surface area (Å²) in [7, 11) is 0. The first kappa shape index (κ1) is 20.9. The number of aliphatic hydroxyl groups is 1. The number of rotatable bonds is 8. The van der Waals surface area contributed by atoms with Crippen molar-refractivity contribution in [2.24, 2.45) is 5.92 Å². The van der Waals surface area contributed by atoms with Gasteiger partial charge >= 0.3 is 0 Å². The van der Waals surface area contributed by atoms with E-state index in [1.807, 2.05) is 55.5 Å². The Morgan fingerprint density at radius 1 is 1.17 bits per heavy atom. The molecule has 3 rings (SSSR count). The van der Waals surface area contributed by atoms with Crippen LogP contribution in [-0.2, 0) is 14.3 Å². The molecule has 0 spiro atoms. The van der Waals surface area contributed by atoms with E-state index in [1.54, 1.807) is 12.1 Å². The SMILES string of the molecule is CCO[C@@H]1OC(C(=O)Nc2ccccc2N)=C[C@H](c2ccccc2)[C@H]1CCCO. The molecule has 0 saturated heterocycles. The van der Waals surface area contributed by atoms with E-state index >= 15 is 0 Å². The second-order valence-corrected chi connectivity index (χ2v) is 6.98. The molecule has 0 unspecified atom stereocenters. The van der Waals surface area contributed by atoms with E-state index in [9.17, 15) is 9.90 Å². The van der Waals surface area contributed by atoms with Crippen LogP contribution in [-0.4, -0.2) is 30.5 Å². The van der Waals surface area contributed by atoms with Crippen LogP contribution in [0.3, 0.4) is 0 Å². The minimum Gasteiger partial charge on any atom is -0.459 e. The maximum Gasteiger partial charge on any atom is 0.290 e. The van der Waals surface area contributed by atoms with E-state index in [0.717, 1.165) is 12.0 Å². The second-order valence-electron chi connectivity index (χ2n) is 6.98. The van der Waals surface area contributed by atoms with Gasteiger partial charge in [0.2, 0.25) is 6.29 Å². The van der Waals surface area contributed by atoms with Gasteiger partial charge in [-0.1, -0.05) is 42.5 Å². The zero-order valence-corrected chi connectivity index (χ0v) is 16.6. The summed E-state index contributed by atoms with van der Waals surface area (Å²) in [5.74, 6) is -0.236. The summed E-state index contributed by atoms with van der Waals surface area (Å²) in [5, 5.41) is 12.1. The normalized spacial score (nSPS) is 21.2. The Morgan fingerprint density at radius 2 is 1.90 bits per heavy atom. The Morgan fingerprint density at radius 3 is 2.59 bits per heavy atom. The number of nitrogens with two attached hydrogens (primary N) is 1. The summed E-state index contributed by atoms with van der Waals surface area (Å²) >= 11 is 0. The van der Waals surface area contributed by atoms with Crippen LogP contribution in [0.2, 0.25) is 0 Å². The Bertz CT molecular complexity index is 838. The van der Waals surface area contributed by atoms with Crippen molar-refractivity contribution in [3.63, 3.8) is 0 Å². The summed E-state index contributed by atoms with van der Waals surface area (Å²) in [6, 6.07) is 17.1. The van der Waals surface area contributed by atoms with Gasteiger partial charge in [-0.15, -0.1) is 0 Å². The predicted molar refractivity (Wildman–Crippen MR) is 113 cm³/mol. The Hall–Kier alpha value is -2.83. The number of carbonyl (C=O) groups is 1. The monoisotopic (exact) mass is 396 g/mol. The maximum atomic E-state index is 12.9. The van der Waals surface area contributed by atoms with Gasteiger partial charge in [-0.2, -0.15) is 0 Å². The number of nitrogen functional groups attached to an aromatic ring is 1. The molecule has 0 aliphatic carbocycles. The summed E-state index contributed by atoms with van der Waals surface area (Å²) in [6.45, 7) is 2.45. The molecule has 0 aromatic heterocycles. The molecule has 1 aliphatic heterocycles. The molecule has 1 heterocycles. The first-order valence-electron chi connectivity index (χ1n) is 9.95. The van der Waals surface area contributed by atoms with Gasteiger partial charge < -0.3 is 25.6 Å². The molecule has 2 aromatic carbocycles. The van der Waals surface area contributed by atoms with E-state index in [2.05, 4.69) is 5.32 Å². The maximum absolute atomic E-state index is 12.9. The van der Waals surface area contributed by atoms with E-state index < -0.39 is 6.29 Å². The summed E-state index contributed by atoms with van der Waals surface area (Å²) in [4.78, 5) is 12.9. The lowest BCUT2D eigenvalue weighted by atomic mass is 9.80. The van der Waals surface area contributed by atoms with E-state index in [-0.39, 0.29) is 30.1 Å². The largest absolute Gasteiger partial charge is 0.459 e. The highest BCUT2D eigenvalue weighted by atomic mass is 16.7. The van der Waals surface area contributed by atoms with Crippen LogP contribution in [0.15, 0.2) is 66.4 Å². The zero-order valence-electron chi connectivity index (χ0n) is 16.6. The van der Waals surface area contributed by atoms with Gasteiger partial charge in [-0.25, -0.2) is 0 Å². The molecule has 4 N–H and O–H groups in total. The van der Waals surface area contributed by atoms with Gasteiger partial charge in [0.15, 0.2) is 5.76 Å². The first-order chi connectivity index (χ1) is 14.1. The lowest BCUT2D eigenvalue weighted by Crippen LogP contribution is -2.37. The summed E-state index contributed by atoms with van der Waals surface area (Å²) in [6.07, 6.45) is 2.63. The van der Waals surface area contributed by atoms with Crippen molar-refractivity contribution < 1.29 is 19.4 Å². The predicted octanol–water partition coefficient (Wildman–Crippen LogP) is 3.66. The number of benzene rings is 2. The van der Waals surface area contributed by atoms with Crippen molar-refractivity contribution >= 4 is 17.3 Å². The van der Waals surface area contributed by atoms with E-state index in [4.69, 9.17) is 15.2 Å². The number of amides is 1. The number of hydrogen-bond donors (Lipinski definition) is 3. The molecule has 1 amide bonds. The molecule has 0 saturated carbocycles. The Kier molecular flexibility index (Phi) is 7.27. The van der Waals surface area contributed by atoms with Gasteiger partial charge in [0.25, 0.3) is 5.91 Å². The van der Waals surface area contributed by atoms with Crippen LogP contribution in [0.4, 0.5) is 11.4 Å². The molecule has 1 aliphatic rings. The van der Waals surface area contributed by atoms with Crippen LogP contribution in [0.5, 0.6) is 0 Å². The topological polar surface area (TPSA) is 93.8 Å². The highest BCUT2D eigenvalue weighted by Gasteiger charge is 2.37. The Balaban J connectivity index is 1.92. The molecule has 0 fully saturated rings. The molecular formula is C23H28N2O4. The molecule has 29 heavy (non-hydrogen) atoms. The molecule has 6 heteroatoms. The summed E-state index contributed by atoms with van der Waals surface area (Å²) in [5.41, 5.74) is 8.04. The van der Waals surface area contributed by atoms with Gasteiger partial charge in [0.1, 0.15) is 0 Å². The molecule has 0 bridgehead atoms. The van der Waals surface area contributed by atoms with Crippen LogP contribution < -0.4 is 11.1 Å². The highest BCUT2D eigenvalue weighted by molar-refractivity contribution is 6.04. The fourth-order valence-electron chi connectivity index (χ4n) is 3.61. The molecule has 0 radical (unpaired) electrons. The quantitative estimate of drug-likeness (QED) is 0.592. The lowest BCUT2D eigenvalue weighted by molar-refractivity contribution is -0.165. The summed E-state index contributed by atoms with van der Waals surface area (Å²) < 4.78 is 11.8. The van der Waals surface area contributed by atoms with Crippen molar-refractivity contribution in [1.82, 2.24) is 0 Å². The van der Waals surface area contributed by atoms with Gasteiger partial charge in [-0.05, 0) is 43.5 Å². The van der Waals surface area contributed by atoms with Crippen LogP contribution in [0.25, 0.3) is 0 Å². The number of carbonyl (C=O) groups excluding carboxylic acids is 1. The fourth-order valence-corrected chi connectivity index (χ4v) is 3.61. The number of hydrogen-bond acceptors (Lipinski definition) is 5. The Labute approximate surface area is 171 Å². The van der Waals surface area contributed by atoms with Crippen molar-refractivity contribution in [1.29, 1.82) is 0 Å². The second kappa shape index (κ2) is 10.1. The number of anilines is 2. The molecular weight excluding hydrogens is 368 g/mol. The minimum absolute atomic E-state index is 0.0113. The third-order valence-electron chi connectivity index (χ3n) is 5.03. The standard InChI is InChI=1S/C23H28N2O4/c1-2-28-23-17(11-8-14-26)18(16-9-4-3-5-10-16)15-21(29-23)22(27)25-20-13-7-6-12-19(20)24/h3-7,9-10,12-13,15,17-18,23,26H,2,8,11,14,24H2,1H3,(H,25,27)/t17-,18-,23-/m1/s1.